The zero-order chi connectivity index (χ0) is 19.1. The second-order valence-electron chi connectivity index (χ2n) is 5.74. The molecule has 0 aliphatic rings. The highest BCUT2D eigenvalue weighted by molar-refractivity contribution is 7.13. The van der Waals surface area contributed by atoms with Gasteiger partial charge in [-0.25, -0.2) is 4.98 Å². The average Bonchev–Trinajstić information content (AvgIpc) is 3.20. The van der Waals surface area contributed by atoms with Crippen molar-refractivity contribution in [3.8, 4) is 5.75 Å². The first-order valence-electron chi connectivity index (χ1n) is 8.38. The SMILES string of the molecule is COc1cc(C(=O)Nc2nccs2)ccc1NC(=O)CCc1ccccc1. The van der Waals surface area contributed by atoms with Crippen molar-refractivity contribution in [1.29, 1.82) is 0 Å². The fourth-order valence-electron chi connectivity index (χ4n) is 2.51. The second kappa shape index (κ2) is 8.95. The highest BCUT2D eigenvalue weighted by Gasteiger charge is 2.13. The van der Waals surface area contributed by atoms with Crippen LogP contribution in [-0.2, 0) is 11.2 Å². The Balaban J connectivity index is 1.63. The van der Waals surface area contributed by atoms with Crippen LogP contribution in [0.25, 0.3) is 0 Å². The van der Waals surface area contributed by atoms with Crippen molar-refractivity contribution >= 4 is 34.0 Å². The Bertz CT molecular complexity index is 911. The van der Waals surface area contributed by atoms with Gasteiger partial charge < -0.3 is 10.1 Å². The minimum absolute atomic E-state index is 0.114. The van der Waals surface area contributed by atoms with Gasteiger partial charge >= 0.3 is 0 Å². The van der Waals surface area contributed by atoms with Gasteiger partial charge in [-0.1, -0.05) is 30.3 Å². The number of amides is 2. The molecular formula is C20H19N3O3S. The summed E-state index contributed by atoms with van der Waals surface area (Å²) in [4.78, 5) is 28.5. The van der Waals surface area contributed by atoms with E-state index in [0.29, 0.717) is 35.0 Å². The van der Waals surface area contributed by atoms with Crippen LogP contribution < -0.4 is 15.4 Å². The van der Waals surface area contributed by atoms with Gasteiger partial charge in [0.05, 0.1) is 12.8 Å². The van der Waals surface area contributed by atoms with Crippen LogP contribution in [0.1, 0.15) is 22.3 Å². The second-order valence-corrected chi connectivity index (χ2v) is 6.63. The number of carbonyl (C=O) groups excluding carboxylic acids is 2. The molecule has 6 nitrogen and oxygen atoms in total. The van der Waals surface area contributed by atoms with E-state index in [1.165, 1.54) is 18.4 Å². The molecule has 2 N–H and O–H groups in total. The Morgan fingerprint density at radius 2 is 1.93 bits per heavy atom. The van der Waals surface area contributed by atoms with Crippen LogP contribution in [0.15, 0.2) is 60.1 Å². The summed E-state index contributed by atoms with van der Waals surface area (Å²) >= 11 is 1.34. The van der Waals surface area contributed by atoms with Crippen LogP contribution in [0.2, 0.25) is 0 Å². The zero-order valence-corrected chi connectivity index (χ0v) is 15.6. The van der Waals surface area contributed by atoms with Crippen LogP contribution >= 0.6 is 11.3 Å². The standard InChI is InChI=1S/C20H19N3O3S/c1-26-17-13-15(19(25)23-20-21-11-12-27-20)8-9-16(17)22-18(24)10-7-14-5-3-2-4-6-14/h2-6,8-9,11-13H,7,10H2,1H3,(H,22,24)(H,21,23,25). The molecule has 0 unspecified atom stereocenters. The molecule has 138 valence electrons. The van der Waals surface area contributed by atoms with Gasteiger partial charge in [0.1, 0.15) is 5.75 Å². The molecule has 0 atom stereocenters. The number of aromatic nitrogens is 1. The summed E-state index contributed by atoms with van der Waals surface area (Å²) in [6.45, 7) is 0. The lowest BCUT2D eigenvalue weighted by Crippen LogP contribution is -2.15. The first kappa shape index (κ1) is 18.6. The highest BCUT2D eigenvalue weighted by Crippen LogP contribution is 2.26. The molecule has 0 saturated heterocycles. The maximum atomic E-state index is 12.3. The molecule has 1 aromatic heterocycles. The molecule has 2 aromatic carbocycles. The maximum absolute atomic E-state index is 12.3. The molecule has 27 heavy (non-hydrogen) atoms. The highest BCUT2D eigenvalue weighted by atomic mass is 32.1. The summed E-state index contributed by atoms with van der Waals surface area (Å²) in [5.41, 5.74) is 2.06. The quantitative estimate of drug-likeness (QED) is 0.649. The lowest BCUT2D eigenvalue weighted by molar-refractivity contribution is -0.116. The molecule has 2 amide bonds. The molecule has 0 saturated carbocycles. The van der Waals surface area contributed by atoms with E-state index in [2.05, 4.69) is 15.6 Å². The van der Waals surface area contributed by atoms with E-state index < -0.39 is 0 Å². The number of nitrogens with one attached hydrogen (secondary N) is 2. The van der Waals surface area contributed by atoms with Gasteiger partial charge in [-0.3, -0.25) is 14.9 Å². The van der Waals surface area contributed by atoms with E-state index in [4.69, 9.17) is 4.74 Å². The van der Waals surface area contributed by atoms with E-state index in [1.54, 1.807) is 29.8 Å². The summed E-state index contributed by atoms with van der Waals surface area (Å²) in [6.07, 6.45) is 2.64. The Kier molecular flexibility index (Phi) is 6.17. The molecule has 0 aliphatic carbocycles. The fraction of sp³-hybridized carbons (Fsp3) is 0.150. The van der Waals surface area contributed by atoms with Crippen molar-refractivity contribution in [2.75, 3.05) is 17.7 Å². The normalized spacial score (nSPS) is 10.3. The van der Waals surface area contributed by atoms with E-state index >= 15 is 0 Å². The van der Waals surface area contributed by atoms with Crippen LogP contribution in [0.4, 0.5) is 10.8 Å². The van der Waals surface area contributed by atoms with Crippen LogP contribution in [0, 0.1) is 0 Å². The van der Waals surface area contributed by atoms with Crippen molar-refractivity contribution in [3.05, 3.63) is 71.2 Å². The number of aryl methyl sites for hydroxylation is 1. The Morgan fingerprint density at radius 3 is 2.63 bits per heavy atom. The summed E-state index contributed by atoms with van der Waals surface area (Å²) < 4.78 is 5.33. The number of hydrogen-bond acceptors (Lipinski definition) is 5. The topological polar surface area (TPSA) is 80.3 Å². The lowest BCUT2D eigenvalue weighted by Gasteiger charge is -2.12. The van der Waals surface area contributed by atoms with Gasteiger partial charge in [0, 0.05) is 23.6 Å². The number of nitrogens with zero attached hydrogens (tertiary/aromatic N) is 1. The van der Waals surface area contributed by atoms with Crippen molar-refractivity contribution in [3.63, 3.8) is 0 Å². The van der Waals surface area contributed by atoms with Crippen molar-refractivity contribution in [1.82, 2.24) is 4.98 Å². The van der Waals surface area contributed by atoms with Crippen molar-refractivity contribution in [2.24, 2.45) is 0 Å². The minimum atomic E-state index is -0.287. The van der Waals surface area contributed by atoms with Crippen molar-refractivity contribution in [2.45, 2.75) is 12.8 Å². The number of thiazole rings is 1. The Morgan fingerprint density at radius 1 is 1.11 bits per heavy atom. The Hall–Kier alpha value is -3.19. The molecule has 0 radical (unpaired) electrons. The fourth-order valence-corrected chi connectivity index (χ4v) is 3.03. The monoisotopic (exact) mass is 381 g/mol. The van der Waals surface area contributed by atoms with Gasteiger partial charge in [-0.05, 0) is 30.2 Å². The smallest absolute Gasteiger partial charge is 0.257 e. The predicted molar refractivity (Wildman–Crippen MR) is 106 cm³/mol. The predicted octanol–water partition coefficient (Wildman–Crippen LogP) is 3.98. The average molecular weight is 381 g/mol. The van der Waals surface area contributed by atoms with Gasteiger partial charge in [0.15, 0.2) is 5.13 Å². The van der Waals surface area contributed by atoms with E-state index in [-0.39, 0.29) is 11.8 Å². The van der Waals surface area contributed by atoms with E-state index in [1.807, 2.05) is 30.3 Å². The van der Waals surface area contributed by atoms with Crippen LogP contribution in [0.5, 0.6) is 5.75 Å². The van der Waals surface area contributed by atoms with Gasteiger partial charge in [-0.15, -0.1) is 11.3 Å². The van der Waals surface area contributed by atoms with E-state index in [9.17, 15) is 9.59 Å². The van der Waals surface area contributed by atoms with Gasteiger partial charge in [-0.2, -0.15) is 0 Å². The molecule has 0 fully saturated rings. The molecule has 3 rings (SSSR count). The number of methoxy groups -OCH3 is 1. The zero-order valence-electron chi connectivity index (χ0n) is 14.8. The number of anilines is 2. The minimum Gasteiger partial charge on any atom is -0.495 e. The van der Waals surface area contributed by atoms with Crippen LogP contribution in [-0.4, -0.2) is 23.9 Å². The van der Waals surface area contributed by atoms with Crippen LogP contribution in [0.3, 0.4) is 0 Å². The molecule has 3 aromatic rings. The third-order valence-corrected chi connectivity index (χ3v) is 4.56. The summed E-state index contributed by atoms with van der Waals surface area (Å²) in [5.74, 6) is 0.0252. The van der Waals surface area contributed by atoms with Gasteiger partial charge in [0.25, 0.3) is 5.91 Å². The third kappa shape index (κ3) is 5.15. The molecule has 0 bridgehead atoms. The summed E-state index contributed by atoms with van der Waals surface area (Å²) in [5, 5.41) is 7.86. The summed E-state index contributed by atoms with van der Waals surface area (Å²) in [7, 11) is 1.50. The van der Waals surface area contributed by atoms with Crippen molar-refractivity contribution < 1.29 is 14.3 Å². The maximum Gasteiger partial charge on any atom is 0.257 e. The lowest BCUT2D eigenvalue weighted by atomic mass is 10.1. The number of hydrogen-bond donors (Lipinski definition) is 2. The molecule has 0 aliphatic heterocycles. The Labute approximate surface area is 161 Å². The largest absolute Gasteiger partial charge is 0.495 e. The molecule has 1 heterocycles. The first-order valence-corrected chi connectivity index (χ1v) is 9.26. The number of benzene rings is 2. The number of ether oxygens (including phenoxy) is 1. The number of carbonyl (C=O) groups is 2. The van der Waals surface area contributed by atoms with Gasteiger partial charge in [0.2, 0.25) is 5.91 Å². The third-order valence-electron chi connectivity index (χ3n) is 3.87. The molecule has 0 spiro atoms. The first-order chi connectivity index (χ1) is 13.2. The number of rotatable bonds is 7. The molecule has 7 heteroatoms. The summed E-state index contributed by atoms with van der Waals surface area (Å²) in [6, 6.07) is 14.7. The van der Waals surface area contributed by atoms with E-state index in [0.717, 1.165) is 5.56 Å². The molecular weight excluding hydrogens is 362 g/mol.